The monoisotopic (exact) mass is 427 g/mol. The van der Waals surface area contributed by atoms with Crippen LogP contribution in [-0.2, 0) is 14.2 Å². The summed E-state index contributed by atoms with van der Waals surface area (Å²) >= 11 is 0. The van der Waals surface area contributed by atoms with E-state index in [2.05, 4.69) is 30.4 Å². The highest BCUT2D eigenvalue weighted by Gasteiger charge is 2.58. The standard InChI is InChI=1S/C20H25N7O4/c1-10-24-18(31-26-10)14-13-15(30-20(2,3)29-13)19(28-14)27-9-23-12-16(21-8-22-17(12)27)25-11-6-4-5-7-11/h8-9,11,13-15,19H,4-7H2,1-3H3,(H,21,22,25)/t13-,14-,15+,19+/m0/s1. The van der Waals surface area contributed by atoms with Crippen LogP contribution >= 0.6 is 0 Å². The molecule has 2 saturated heterocycles. The molecule has 0 radical (unpaired) electrons. The number of nitrogens with zero attached hydrogens (tertiary/aromatic N) is 6. The van der Waals surface area contributed by atoms with Crippen LogP contribution in [0.5, 0.6) is 0 Å². The van der Waals surface area contributed by atoms with Crippen LogP contribution < -0.4 is 5.32 Å². The zero-order chi connectivity index (χ0) is 21.2. The summed E-state index contributed by atoms with van der Waals surface area (Å²) in [5.41, 5.74) is 1.39. The Balaban J connectivity index is 1.36. The summed E-state index contributed by atoms with van der Waals surface area (Å²) < 4.78 is 26.0. The van der Waals surface area contributed by atoms with Crippen LogP contribution in [0.3, 0.4) is 0 Å². The van der Waals surface area contributed by atoms with Crippen molar-refractivity contribution in [2.45, 2.75) is 82.8 Å². The van der Waals surface area contributed by atoms with E-state index in [4.69, 9.17) is 18.7 Å². The second kappa shape index (κ2) is 6.94. The molecule has 1 N–H and O–H groups in total. The maximum absolute atomic E-state index is 6.34. The molecule has 0 unspecified atom stereocenters. The number of imidazole rings is 1. The highest BCUT2D eigenvalue weighted by Crippen LogP contribution is 2.49. The normalized spacial score (nSPS) is 30.3. The smallest absolute Gasteiger partial charge is 0.258 e. The van der Waals surface area contributed by atoms with Crippen molar-refractivity contribution in [1.82, 2.24) is 29.7 Å². The van der Waals surface area contributed by atoms with Crippen molar-refractivity contribution < 1.29 is 18.7 Å². The summed E-state index contributed by atoms with van der Waals surface area (Å²) in [4.78, 5) is 17.9. The van der Waals surface area contributed by atoms with Crippen molar-refractivity contribution >= 4 is 17.0 Å². The highest BCUT2D eigenvalue weighted by molar-refractivity contribution is 5.82. The Kier molecular flexibility index (Phi) is 4.27. The lowest BCUT2D eigenvalue weighted by Gasteiger charge is -2.23. The molecule has 2 aliphatic heterocycles. The van der Waals surface area contributed by atoms with E-state index >= 15 is 0 Å². The van der Waals surface area contributed by atoms with E-state index in [1.807, 2.05) is 18.4 Å². The highest BCUT2D eigenvalue weighted by atomic mass is 16.8. The van der Waals surface area contributed by atoms with Crippen molar-refractivity contribution in [3.8, 4) is 0 Å². The van der Waals surface area contributed by atoms with Gasteiger partial charge in [-0.2, -0.15) is 4.98 Å². The van der Waals surface area contributed by atoms with Gasteiger partial charge in [-0.05, 0) is 33.6 Å². The number of ether oxygens (including phenoxy) is 3. The van der Waals surface area contributed by atoms with E-state index in [0.29, 0.717) is 28.9 Å². The lowest BCUT2D eigenvalue weighted by molar-refractivity contribution is -0.199. The third-order valence-corrected chi connectivity index (χ3v) is 6.14. The molecule has 11 nitrogen and oxygen atoms in total. The molecular formula is C20H25N7O4. The van der Waals surface area contributed by atoms with Crippen LogP contribution in [0.2, 0.25) is 0 Å². The topological polar surface area (TPSA) is 122 Å². The summed E-state index contributed by atoms with van der Waals surface area (Å²) in [5.74, 6) is 0.906. The number of aryl methyl sites for hydroxylation is 1. The Hall–Kier alpha value is -2.63. The first kappa shape index (κ1) is 19.1. The van der Waals surface area contributed by atoms with Crippen LogP contribution in [0.15, 0.2) is 17.2 Å². The van der Waals surface area contributed by atoms with Gasteiger partial charge in [0, 0.05) is 6.04 Å². The van der Waals surface area contributed by atoms with Gasteiger partial charge in [-0.15, -0.1) is 0 Å². The number of hydrogen-bond donors (Lipinski definition) is 1. The number of anilines is 1. The van der Waals surface area contributed by atoms with Gasteiger partial charge in [0.1, 0.15) is 18.5 Å². The minimum Gasteiger partial charge on any atom is -0.365 e. The quantitative estimate of drug-likeness (QED) is 0.665. The Morgan fingerprint density at radius 3 is 2.68 bits per heavy atom. The molecule has 3 aromatic heterocycles. The number of aromatic nitrogens is 6. The SMILES string of the molecule is Cc1noc([C@H]2O[C@@H](n3cnc4c(NC5CCCC5)ncnc43)[C@@H]3OC(C)(C)O[C@H]32)n1. The van der Waals surface area contributed by atoms with E-state index in [-0.39, 0.29) is 6.10 Å². The molecule has 4 atom stereocenters. The summed E-state index contributed by atoms with van der Waals surface area (Å²) in [6, 6.07) is 0.424. The molecule has 164 valence electrons. The summed E-state index contributed by atoms with van der Waals surface area (Å²) in [6.07, 6.45) is 6.21. The lowest BCUT2D eigenvalue weighted by atomic mass is 10.1. The molecule has 3 fully saturated rings. The van der Waals surface area contributed by atoms with Crippen molar-refractivity contribution in [3.63, 3.8) is 0 Å². The lowest BCUT2D eigenvalue weighted by Crippen LogP contribution is -2.27. The minimum atomic E-state index is -0.759. The Morgan fingerprint density at radius 2 is 1.90 bits per heavy atom. The molecule has 5 heterocycles. The van der Waals surface area contributed by atoms with E-state index in [0.717, 1.165) is 18.7 Å². The van der Waals surface area contributed by atoms with Gasteiger partial charge in [0.15, 0.2) is 40.9 Å². The van der Waals surface area contributed by atoms with E-state index in [9.17, 15) is 0 Å². The molecule has 0 aromatic carbocycles. The van der Waals surface area contributed by atoms with Crippen LogP contribution in [-0.4, -0.2) is 53.7 Å². The average Bonchev–Trinajstić information content (AvgIpc) is 3.51. The van der Waals surface area contributed by atoms with Crippen LogP contribution in [0, 0.1) is 6.92 Å². The molecule has 6 rings (SSSR count). The maximum atomic E-state index is 6.34. The third-order valence-electron chi connectivity index (χ3n) is 6.14. The molecule has 0 bridgehead atoms. The zero-order valence-electron chi connectivity index (χ0n) is 17.7. The molecule has 3 aliphatic rings. The van der Waals surface area contributed by atoms with Gasteiger partial charge in [0.25, 0.3) is 5.89 Å². The van der Waals surface area contributed by atoms with Gasteiger partial charge in [-0.3, -0.25) is 4.57 Å². The van der Waals surface area contributed by atoms with Gasteiger partial charge >= 0.3 is 0 Å². The second-order valence-corrected chi connectivity index (χ2v) is 8.86. The molecule has 11 heteroatoms. The minimum absolute atomic E-state index is 0.374. The summed E-state index contributed by atoms with van der Waals surface area (Å²) in [5, 5.41) is 7.43. The first-order valence-electron chi connectivity index (χ1n) is 10.7. The van der Waals surface area contributed by atoms with Gasteiger partial charge in [-0.25, -0.2) is 15.0 Å². The van der Waals surface area contributed by atoms with Gasteiger partial charge in [-0.1, -0.05) is 18.0 Å². The first-order chi connectivity index (χ1) is 15.0. The Labute approximate surface area is 178 Å². The third kappa shape index (κ3) is 3.19. The second-order valence-electron chi connectivity index (χ2n) is 8.86. The molecular weight excluding hydrogens is 402 g/mol. The fourth-order valence-electron chi connectivity index (χ4n) is 4.84. The summed E-state index contributed by atoms with van der Waals surface area (Å²) in [6.45, 7) is 5.54. The number of rotatable bonds is 4. The first-order valence-corrected chi connectivity index (χ1v) is 10.7. The molecule has 3 aromatic rings. The Morgan fingerprint density at radius 1 is 1.10 bits per heavy atom. The predicted octanol–water partition coefficient (Wildman–Crippen LogP) is 2.66. The van der Waals surface area contributed by atoms with Crippen molar-refractivity contribution in [3.05, 3.63) is 24.4 Å². The zero-order valence-corrected chi connectivity index (χ0v) is 17.7. The van der Waals surface area contributed by atoms with Gasteiger partial charge < -0.3 is 24.1 Å². The van der Waals surface area contributed by atoms with Crippen molar-refractivity contribution in [2.75, 3.05) is 5.32 Å². The van der Waals surface area contributed by atoms with E-state index in [1.165, 1.54) is 12.8 Å². The predicted molar refractivity (Wildman–Crippen MR) is 107 cm³/mol. The van der Waals surface area contributed by atoms with Gasteiger partial charge in [0.2, 0.25) is 0 Å². The van der Waals surface area contributed by atoms with Crippen molar-refractivity contribution in [2.24, 2.45) is 0 Å². The van der Waals surface area contributed by atoms with Crippen molar-refractivity contribution in [1.29, 1.82) is 0 Å². The van der Waals surface area contributed by atoms with Gasteiger partial charge in [0.05, 0.1) is 6.33 Å². The van der Waals surface area contributed by atoms with Crippen LogP contribution in [0.25, 0.3) is 11.2 Å². The number of nitrogens with one attached hydrogen (secondary N) is 1. The van der Waals surface area contributed by atoms with E-state index < -0.39 is 24.2 Å². The molecule has 0 spiro atoms. The molecule has 0 amide bonds. The fraction of sp³-hybridized carbons (Fsp3) is 0.650. The molecule has 31 heavy (non-hydrogen) atoms. The van der Waals surface area contributed by atoms with E-state index in [1.54, 1.807) is 19.6 Å². The molecule has 1 aliphatic carbocycles. The number of fused-ring (bicyclic) bond motifs is 2. The largest absolute Gasteiger partial charge is 0.365 e. The molecule has 1 saturated carbocycles. The number of hydrogen-bond acceptors (Lipinski definition) is 10. The van der Waals surface area contributed by atoms with Crippen LogP contribution in [0.1, 0.15) is 63.6 Å². The summed E-state index contributed by atoms with van der Waals surface area (Å²) in [7, 11) is 0. The maximum Gasteiger partial charge on any atom is 0.258 e. The Bertz CT molecular complexity index is 1110. The fourth-order valence-corrected chi connectivity index (χ4v) is 4.84. The average molecular weight is 427 g/mol. The van der Waals surface area contributed by atoms with Crippen LogP contribution in [0.4, 0.5) is 5.82 Å².